The summed E-state index contributed by atoms with van der Waals surface area (Å²) >= 11 is 0. The van der Waals surface area contributed by atoms with Crippen LogP contribution in [0.4, 0.5) is 0 Å². The van der Waals surface area contributed by atoms with E-state index in [0.717, 1.165) is 0 Å². The molecule has 6 nitrogen and oxygen atoms in total. The first-order valence-corrected chi connectivity index (χ1v) is 5.30. The summed E-state index contributed by atoms with van der Waals surface area (Å²) in [6.07, 6.45) is 2.72. The van der Waals surface area contributed by atoms with Crippen LogP contribution in [0.3, 0.4) is 0 Å². The Balaban J connectivity index is 2.84. The zero-order valence-corrected chi connectivity index (χ0v) is 8.21. The van der Waals surface area contributed by atoms with E-state index < -0.39 is 22.0 Å². The Kier molecular flexibility index (Phi) is 2.92. The van der Waals surface area contributed by atoms with Crippen LogP contribution in [-0.2, 0) is 14.8 Å². The van der Waals surface area contributed by atoms with Gasteiger partial charge < -0.3 is 10.1 Å². The molecule has 0 aromatic carbocycles. The molecule has 14 heavy (non-hydrogen) atoms. The minimum atomic E-state index is -3.72. The van der Waals surface area contributed by atoms with Crippen molar-refractivity contribution < 1.29 is 18.3 Å². The standard InChI is InChI=1S/C7H10N2O4S/c1-5(7(10)11)9-14(12,13)6-2-3-8-4-6/h2-5,8-9H,1H3,(H,10,11)/t5-/m0/s1. The van der Waals surface area contributed by atoms with Crippen molar-refractivity contribution in [2.24, 2.45) is 0 Å². The molecular weight excluding hydrogens is 208 g/mol. The number of aromatic nitrogens is 1. The Hall–Kier alpha value is -1.34. The van der Waals surface area contributed by atoms with Gasteiger partial charge in [-0.15, -0.1) is 0 Å². The Morgan fingerprint density at radius 1 is 1.64 bits per heavy atom. The third kappa shape index (κ3) is 2.33. The van der Waals surface area contributed by atoms with Crippen LogP contribution in [0.5, 0.6) is 0 Å². The third-order valence-corrected chi connectivity index (χ3v) is 3.12. The van der Waals surface area contributed by atoms with E-state index in [-0.39, 0.29) is 4.90 Å². The highest BCUT2D eigenvalue weighted by Gasteiger charge is 2.21. The van der Waals surface area contributed by atoms with Crippen molar-refractivity contribution in [1.82, 2.24) is 9.71 Å². The number of hydrogen-bond donors (Lipinski definition) is 3. The highest BCUT2D eigenvalue weighted by Crippen LogP contribution is 2.06. The summed E-state index contributed by atoms with van der Waals surface area (Å²) in [4.78, 5) is 13.0. The van der Waals surface area contributed by atoms with Gasteiger partial charge in [0.2, 0.25) is 10.0 Å². The molecule has 3 N–H and O–H groups in total. The first kappa shape index (κ1) is 10.7. The maximum absolute atomic E-state index is 11.4. The number of hydrogen-bond acceptors (Lipinski definition) is 3. The van der Waals surface area contributed by atoms with E-state index in [1.807, 2.05) is 4.72 Å². The molecule has 1 aromatic rings. The average molecular weight is 218 g/mol. The van der Waals surface area contributed by atoms with Crippen LogP contribution in [0, 0.1) is 0 Å². The van der Waals surface area contributed by atoms with Crippen molar-refractivity contribution in [2.75, 3.05) is 0 Å². The summed E-state index contributed by atoms with van der Waals surface area (Å²) in [7, 11) is -3.72. The van der Waals surface area contributed by atoms with Crippen molar-refractivity contribution in [3.63, 3.8) is 0 Å². The summed E-state index contributed by atoms with van der Waals surface area (Å²) < 4.78 is 24.8. The second kappa shape index (κ2) is 3.81. The maximum atomic E-state index is 11.4. The lowest BCUT2D eigenvalue weighted by Gasteiger charge is -2.08. The minimum absolute atomic E-state index is 0.0191. The van der Waals surface area contributed by atoms with Gasteiger partial charge in [0.1, 0.15) is 6.04 Å². The number of aliphatic carboxylic acids is 1. The Bertz CT molecular complexity index is 409. The second-order valence-corrected chi connectivity index (χ2v) is 4.44. The molecule has 0 fully saturated rings. The quantitative estimate of drug-likeness (QED) is 0.649. The normalized spacial score (nSPS) is 13.8. The molecule has 0 aliphatic rings. The lowest BCUT2D eigenvalue weighted by Crippen LogP contribution is -2.38. The van der Waals surface area contributed by atoms with Crippen molar-refractivity contribution >= 4 is 16.0 Å². The molecule has 1 heterocycles. The molecule has 1 aromatic heterocycles. The predicted octanol–water partition coefficient (Wildman–Crippen LogP) is -0.234. The van der Waals surface area contributed by atoms with E-state index in [1.165, 1.54) is 25.4 Å². The van der Waals surface area contributed by atoms with Gasteiger partial charge in [0, 0.05) is 12.4 Å². The monoisotopic (exact) mass is 218 g/mol. The van der Waals surface area contributed by atoms with Gasteiger partial charge in [0.05, 0.1) is 4.90 Å². The molecule has 7 heteroatoms. The van der Waals surface area contributed by atoms with E-state index in [4.69, 9.17) is 5.11 Å². The number of carboxylic acids is 1. The van der Waals surface area contributed by atoms with Gasteiger partial charge in [-0.2, -0.15) is 4.72 Å². The lowest BCUT2D eigenvalue weighted by molar-refractivity contribution is -0.138. The Morgan fingerprint density at radius 3 is 2.71 bits per heavy atom. The molecule has 0 saturated heterocycles. The molecule has 0 unspecified atom stereocenters. The average Bonchev–Trinajstić information content (AvgIpc) is 2.54. The van der Waals surface area contributed by atoms with E-state index in [0.29, 0.717) is 0 Å². The Morgan fingerprint density at radius 2 is 2.29 bits per heavy atom. The zero-order chi connectivity index (χ0) is 10.8. The summed E-state index contributed by atoms with van der Waals surface area (Å²) in [6, 6.07) is 0.201. The molecule has 0 amide bonds. The van der Waals surface area contributed by atoms with E-state index in [9.17, 15) is 13.2 Å². The molecular formula is C7H10N2O4S. The number of carboxylic acid groups (broad SMARTS) is 1. The molecule has 0 radical (unpaired) electrons. The first-order chi connectivity index (χ1) is 6.43. The summed E-state index contributed by atoms with van der Waals surface area (Å²) in [5.41, 5.74) is 0. The van der Waals surface area contributed by atoms with Gasteiger partial charge in [0.15, 0.2) is 0 Å². The predicted molar refractivity (Wildman–Crippen MR) is 48.2 cm³/mol. The topological polar surface area (TPSA) is 99.3 Å². The van der Waals surface area contributed by atoms with Crippen LogP contribution in [-0.4, -0.2) is 30.5 Å². The summed E-state index contributed by atoms with van der Waals surface area (Å²) in [5.74, 6) is -1.22. The van der Waals surface area contributed by atoms with Crippen molar-refractivity contribution in [1.29, 1.82) is 0 Å². The smallest absolute Gasteiger partial charge is 0.321 e. The lowest BCUT2D eigenvalue weighted by atomic mass is 10.4. The number of carbonyl (C=O) groups is 1. The SMILES string of the molecule is C[C@H](NS(=O)(=O)c1cc[nH]c1)C(=O)O. The van der Waals surface area contributed by atoms with Gasteiger partial charge >= 0.3 is 5.97 Å². The number of rotatable bonds is 4. The fraction of sp³-hybridized carbons (Fsp3) is 0.286. The zero-order valence-electron chi connectivity index (χ0n) is 7.39. The molecule has 0 aliphatic heterocycles. The molecule has 1 atom stereocenters. The highest BCUT2D eigenvalue weighted by atomic mass is 32.2. The van der Waals surface area contributed by atoms with Crippen LogP contribution in [0.15, 0.2) is 23.4 Å². The molecule has 0 bridgehead atoms. The summed E-state index contributed by atoms with van der Waals surface area (Å²) in [6.45, 7) is 1.26. The van der Waals surface area contributed by atoms with Crippen molar-refractivity contribution in [3.8, 4) is 0 Å². The molecule has 0 spiro atoms. The molecule has 1 rings (SSSR count). The molecule has 78 valence electrons. The van der Waals surface area contributed by atoms with Crippen LogP contribution < -0.4 is 4.72 Å². The number of aromatic amines is 1. The van der Waals surface area contributed by atoms with E-state index in [1.54, 1.807) is 0 Å². The van der Waals surface area contributed by atoms with E-state index >= 15 is 0 Å². The maximum Gasteiger partial charge on any atom is 0.321 e. The third-order valence-electron chi connectivity index (χ3n) is 1.58. The number of sulfonamides is 1. The van der Waals surface area contributed by atoms with Gasteiger partial charge in [-0.25, -0.2) is 8.42 Å². The summed E-state index contributed by atoms with van der Waals surface area (Å²) in [5, 5.41) is 8.51. The van der Waals surface area contributed by atoms with Gasteiger partial charge in [-0.1, -0.05) is 0 Å². The van der Waals surface area contributed by atoms with Crippen LogP contribution in [0.1, 0.15) is 6.92 Å². The minimum Gasteiger partial charge on any atom is -0.480 e. The van der Waals surface area contributed by atoms with E-state index in [2.05, 4.69) is 4.98 Å². The fourth-order valence-electron chi connectivity index (χ4n) is 0.827. The van der Waals surface area contributed by atoms with Crippen LogP contribution >= 0.6 is 0 Å². The molecule has 0 saturated carbocycles. The highest BCUT2D eigenvalue weighted by molar-refractivity contribution is 7.89. The van der Waals surface area contributed by atoms with Gasteiger partial charge in [-0.05, 0) is 13.0 Å². The number of nitrogens with one attached hydrogen (secondary N) is 2. The van der Waals surface area contributed by atoms with Crippen LogP contribution in [0.25, 0.3) is 0 Å². The first-order valence-electron chi connectivity index (χ1n) is 3.81. The van der Waals surface area contributed by atoms with Gasteiger partial charge in [-0.3, -0.25) is 4.79 Å². The van der Waals surface area contributed by atoms with Gasteiger partial charge in [0.25, 0.3) is 0 Å². The second-order valence-electron chi connectivity index (χ2n) is 2.73. The van der Waals surface area contributed by atoms with Crippen molar-refractivity contribution in [3.05, 3.63) is 18.5 Å². The van der Waals surface area contributed by atoms with Crippen LogP contribution in [0.2, 0.25) is 0 Å². The largest absolute Gasteiger partial charge is 0.480 e. The molecule has 0 aliphatic carbocycles. The fourth-order valence-corrected chi connectivity index (χ4v) is 2.00. The Labute approximate surface area is 81.0 Å². The van der Waals surface area contributed by atoms with Crippen molar-refractivity contribution in [2.45, 2.75) is 17.9 Å². The number of H-pyrrole nitrogens is 1.